The number of nitrogens with zero attached hydrogens (tertiary/aromatic N) is 7. The summed E-state index contributed by atoms with van der Waals surface area (Å²) in [6, 6.07) is 1.55. The van der Waals surface area contributed by atoms with Crippen molar-refractivity contribution in [2.75, 3.05) is 24.7 Å². The predicted octanol–water partition coefficient (Wildman–Crippen LogP) is 0.178. The maximum absolute atomic E-state index is 15.7. The highest BCUT2D eigenvalue weighted by molar-refractivity contribution is 8.39. The molecule has 0 radical (unpaired) electrons. The Hall–Kier alpha value is -2.82. The molecule has 2 aliphatic rings. The second-order valence-electron chi connectivity index (χ2n) is 9.72. The maximum Gasteiger partial charge on any atom is 0.582 e. The standard InChI is InChI=1S/C20H22F2N10O9P2S2/c21-9-7(3-33)38-19(32-16-11(29-30-32)17(34)28-20(24)27-16)13(9)41-43(36,45)37-4-8-12(40-42(35)44)10(22)18(39-8)31-2-1-6-14(23)25-5-26-15(6)31/h1-2,5,7-10,12-13,18-19,33H,3-4H2,(H6-,23,24,25,26,27,28,30,34,35,36,44,45)/p+1/t7-,8-,9+,10+,12-,13-,18-,19-,43?/m1/s1. The van der Waals surface area contributed by atoms with Gasteiger partial charge < -0.3 is 40.0 Å². The summed E-state index contributed by atoms with van der Waals surface area (Å²) in [4.78, 5) is 37.3. The zero-order valence-electron chi connectivity index (χ0n) is 22.3. The number of thiol groups is 1. The zero-order valence-corrected chi connectivity index (χ0v) is 25.8. The fraction of sp³-hybridized carbons (Fsp3) is 0.500. The first-order chi connectivity index (χ1) is 21.4. The van der Waals surface area contributed by atoms with E-state index in [1.807, 2.05) is 0 Å². The Morgan fingerprint density at radius 1 is 1.18 bits per heavy atom. The molecule has 0 bridgehead atoms. The Morgan fingerprint density at radius 2 is 1.93 bits per heavy atom. The largest absolute Gasteiger partial charge is 0.582 e. The van der Waals surface area contributed by atoms with Crippen LogP contribution in [0.2, 0.25) is 0 Å². The van der Waals surface area contributed by atoms with E-state index in [1.54, 1.807) is 6.07 Å². The van der Waals surface area contributed by atoms with E-state index in [0.29, 0.717) is 5.39 Å². The molecule has 25 heteroatoms. The van der Waals surface area contributed by atoms with Crippen molar-refractivity contribution in [3.05, 3.63) is 28.9 Å². The minimum Gasteiger partial charge on any atom is -0.394 e. The molecule has 2 unspecified atom stereocenters. The molecule has 4 aromatic heterocycles. The SMILES string of the molecule is Nc1nc2c(nnn2[C@@H]2O[C@H](CO)[C@H](F)[C@H]2OP(O)(=S)OC[C@H]2O[C@@H](n3ccc4c(N)ncnc43)[C@@H](F)[C@@H]2O[P+](=O)S)c(=O)[nH]1. The van der Waals surface area contributed by atoms with Gasteiger partial charge in [-0.15, -0.1) is 9.62 Å². The molecule has 7 N–H and O–H groups in total. The molecule has 0 spiro atoms. The average Bonchev–Trinajstić information content (AvgIpc) is 3.73. The Bertz CT molecular complexity index is 1870. The number of nitrogens with one attached hydrogen (secondary N) is 1. The van der Waals surface area contributed by atoms with E-state index in [9.17, 15) is 19.4 Å². The third-order valence-electron chi connectivity index (χ3n) is 6.99. The molecule has 19 nitrogen and oxygen atoms in total. The highest BCUT2D eigenvalue weighted by atomic mass is 32.7. The van der Waals surface area contributed by atoms with Crippen LogP contribution in [-0.4, -0.2) is 99.5 Å². The van der Waals surface area contributed by atoms with E-state index in [-0.39, 0.29) is 28.6 Å². The van der Waals surface area contributed by atoms with Crippen LogP contribution in [0.5, 0.6) is 0 Å². The molecule has 2 fully saturated rings. The molecule has 242 valence electrons. The number of aromatic nitrogens is 8. The molecule has 4 aromatic rings. The van der Waals surface area contributed by atoms with Gasteiger partial charge in [0.25, 0.3) is 5.56 Å². The summed E-state index contributed by atoms with van der Waals surface area (Å²) in [7, 11) is -2.63. The fourth-order valence-electron chi connectivity index (χ4n) is 5.01. The monoisotopic (exact) mass is 711 g/mol. The lowest BCUT2D eigenvalue weighted by Crippen LogP contribution is -2.34. The predicted molar refractivity (Wildman–Crippen MR) is 156 cm³/mol. The normalized spacial score (nSPS) is 30.3. The van der Waals surface area contributed by atoms with E-state index < -0.39 is 81.9 Å². The molecule has 6 rings (SSSR count). The van der Waals surface area contributed by atoms with Crippen molar-refractivity contribution in [2.45, 2.75) is 49.2 Å². The third-order valence-corrected chi connectivity index (χ3v) is 9.25. The minimum absolute atomic E-state index is 0.144. The Morgan fingerprint density at radius 3 is 2.67 bits per heavy atom. The molecule has 2 aliphatic heterocycles. The number of hydrogen-bond acceptors (Lipinski definition) is 16. The minimum atomic E-state index is -4.43. The molecule has 0 aliphatic carbocycles. The lowest BCUT2D eigenvalue weighted by molar-refractivity contribution is -0.0587. The van der Waals surface area contributed by atoms with Gasteiger partial charge in [-0.3, -0.25) is 14.3 Å². The van der Waals surface area contributed by atoms with Crippen LogP contribution >= 0.6 is 26.2 Å². The van der Waals surface area contributed by atoms with Gasteiger partial charge in [0, 0.05) is 6.20 Å². The van der Waals surface area contributed by atoms with Crippen molar-refractivity contribution in [2.24, 2.45) is 0 Å². The number of ether oxygens (including phenoxy) is 2. The van der Waals surface area contributed by atoms with Crippen LogP contribution in [0.3, 0.4) is 0 Å². The number of aromatic amines is 1. The molecular formula is C20H23F2N10O9P2S2+. The van der Waals surface area contributed by atoms with Crippen LogP contribution in [0, 0.1) is 0 Å². The lowest BCUT2D eigenvalue weighted by Gasteiger charge is -2.25. The van der Waals surface area contributed by atoms with E-state index in [0.717, 1.165) is 4.68 Å². The number of nitrogen functional groups attached to an aromatic ring is 2. The summed E-state index contributed by atoms with van der Waals surface area (Å²) in [5.74, 6) is -0.160. The summed E-state index contributed by atoms with van der Waals surface area (Å²) in [5, 5.41) is 17.5. The molecule has 0 saturated carbocycles. The smallest absolute Gasteiger partial charge is 0.394 e. The number of alkyl halides is 2. The topological polar surface area (TPSA) is 263 Å². The van der Waals surface area contributed by atoms with Crippen LogP contribution in [0.4, 0.5) is 20.5 Å². The zero-order chi connectivity index (χ0) is 32.2. The average molecular weight is 712 g/mol. The first kappa shape index (κ1) is 32.1. The Kier molecular flexibility index (Phi) is 8.86. The quantitative estimate of drug-likeness (QED) is 0.0946. The van der Waals surface area contributed by atoms with Crippen LogP contribution in [0.25, 0.3) is 22.2 Å². The van der Waals surface area contributed by atoms with Crippen molar-refractivity contribution in [1.82, 2.24) is 39.5 Å². The van der Waals surface area contributed by atoms with Gasteiger partial charge in [0.1, 0.15) is 48.4 Å². The fourth-order valence-corrected chi connectivity index (χ4v) is 7.20. The van der Waals surface area contributed by atoms with Gasteiger partial charge in [0.2, 0.25) is 5.95 Å². The highest BCUT2D eigenvalue weighted by Crippen LogP contribution is 2.51. The number of nitrogens with two attached hydrogens (primary N) is 2. The van der Waals surface area contributed by atoms with Gasteiger partial charge in [-0.1, -0.05) is 5.21 Å². The van der Waals surface area contributed by atoms with Crippen LogP contribution < -0.4 is 17.0 Å². The van der Waals surface area contributed by atoms with Crippen molar-refractivity contribution < 1.29 is 46.4 Å². The number of aliphatic hydroxyl groups excluding tert-OH is 1. The van der Waals surface area contributed by atoms with Gasteiger partial charge >= 0.3 is 13.9 Å². The molecule has 45 heavy (non-hydrogen) atoms. The lowest BCUT2D eigenvalue weighted by atomic mass is 10.1. The first-order valence-corrected chi connectivity index (χ1v) is 17.7. The van der Waals surface area contributed by atoms with Crippen molar-refractivity contribution in [3.8, 4) is 0 Å². The third kappa shape index (κ3) is 6.05. The van der Waals surface area contributed by atoms with Crippen molar-refractivity contribution >= 4 is 72.0 Å². The molecule has 0 amide bonds. The first-order valence-electron chi connectivity index (χ1n) is 12.7. The summed E-state index contributed by atoms with van der Waals surface area (Å²) in [6.45, 7) is -5.92. The summed E-state index contributed by atoms with van der Waals surface area (Å²) in [6.07, 6.45) is -10.5. The van der Waals surface area contributed by atoms with Gasteiger partial charge in [0.05, 0.1) is 18.6 Å². The number of rotatable bonds is 10. The van der Waals surface area contributed by atoms with Crippen LogP contribution in [0.15, 0.2) is 23.4 Å². The second-order valence-corrected chi connectivity index (χ2v) is 14.2. The molecule has 0 aromatic carbocycles. The number of halogens is 2. The van der Waals surface area contributed by atoms with E-state index in [1.165, 1.54) is 17.1 Å². The Labute approximate surface area is 260 Å². The number of fused-ring (bicyclic) bond motifs is 2. The van der Waals surface area contributed by atoms with E-state index in [4.69, 9.17) is 46.3 Å². The van der Waals surface area contributed by atoms with E-state index >= 15 is 8.78 Å². The van der Waals surface area contributed by atoms with Crippen LogP contribution in [0.1, 0.15) is 12.5 Å². The van der Waals surface area contributed by atoms with Gasteiger partial charge in [-0.2, -0.15) is 9.67 Å². The number of hydrogen-bond donors (Lipinski definition) is 6. The highest BCUT2D eigenvalue weighted by Gasteiger charge is 2.53. The van der Waals surface area contributed by atoms with Crippen LogP contribution in [-0.2, 0) is 39.4 Å². The number of H-pyrrole nitrogens is 1. The Balaban J connectivity index is 1.22. The maximum atomic E-state index is 15.7. The second kappa shape index (κ2) is 12.4. The molecule has 10 atom stereocenters. The van der Waals surface area contributed by atoms with Crippen molar-refractivity contribution in [1.29, 1.82) is 0 Å². The summed E-state index contributed by atoms with van der Waals surface area (Å²) < 4.78 is 72.6. The molecule has 6 heterocycles. The van der Waals surface area contributed by atoms with Gasteiger partial charge in [-0.25, -0.2) is 18.7 Å². The molecule has 2 saturated heterocycles. The molecular weight excluding hydrogens is 688 g/mol. The number of aliphatic hydroxyl groups is 1. The van der Waals surface area contributed by atoms with Gasteiger partial charge in [0.15, 0.2) is 42.1 Å². The summed E-state index contributed by atoms with van der Waals surface area (Å²) in [5.41, 5.74) is 10.5. The van der Waals surface area contributed by atoms with E-state index in [2.05, 4.69) is 42.5 Å². The van der Waals surface area contributed by atoms with Crippen molar-refractivity contribution in [3.63, 3.8) is 0 Å². The summed E-state index contributed by atoms with van der Waals surface area (Å²) >= 11 is 8.81. The number of anilines is 2. The van der Waals surface area contributed by atoms with Gasteiger partial charge in [-0.05, 0) is 22.4 Å².